The number of nitrogens with one attached hydrogen (secondary N) is 1. The molecule has 15 heavy (non-hydrogen) atoms. The van der Waals surface area contributed by atoms with Crippen LogP contribution in [0, 0.1) is 0 Å². The Morgan fingerprint density at radius 3 is 2.60 bits per heavy atom. The van der Waals surface area contributed by atoms with Crippen LogP contribution in [0.1, 0.15) is 13.3 Å². The molecule has 78 valence electrons. The van der Waals surface area contributed by atoms with Crippen LogP contribution in [0.15, 0.2) is 36.7 Å². The molecule has 0 aliphatic carbocycles. The lowest BCUT2D eigenvalue weighted by Gasteiger charge is -2.04. The molecule has 2 aromatic rings. The van der Waals surface area contributed by atoms with Crippen LogP contribution >= 0.6 is 0 Å². The number of benzene rings is 1. The van der Waals surface area contributed by atoms with Crippen molar-refractivity contribution < 1.29 is 4.74 Å². The van der Waals surface area contributed by atoms with Crippen LogP contribution in [-0.2, 0) is 0 Å². The lowest BCUT2D eigenvalue weighted by Crippen LogP contribution is -1.94. The van der Waals surface area contributed by atoms with Gasteiger partial charge in [-0.25, -0.2) is 0 Å². The summed E-state index contributed by atoms with van der Waals surface area (Å²) in [6.45, 7) is 2.87. The predicted octanol–water partition coefficient (Wildman–Crippen LogP) is 2.87. The van der Waals surface area contributed by atoms with Crippen molar-refractivity contribution in [2.75, 3.05) is 6.61 Å². The van der Waals surface area contributed by atoms with Gasteiger partial charge in [0.15, 0.2) is 0 Å². The Morgan fingerprint density at radius 1 is 1.20 bits per heavy atom. The van der Waals surface area contributed by atoms with Gasteiger partial charge in [-0.3, -0.25) is 5.10 Å². The zero-order valence-electron chi connectivity index (χ0n) is 8.73. The Balaban J connectivity index is 2.11. The Bertz CT molecular complexity index is 392. The largest absolute Gasteiger partial charge is 0.494 e. The standard InChI is InChI=1S/C12H14N2O/c1-2-7-15-12-5-3-10(4-6-12)11-8-13-14-9-11/h3-6,8-9H,2,7H2,1H3,(H,13,14). The van der Waals surface area contributed by atoms with Crippen LogP contribution in [0.5, 0.6) is 5.75 Å². The van der Waals surface area contributed by atoms with Crippen molar-refractivity contribution in [3.8, 4) is 16.9 Å². The molecule has 0 fully saturated rings. The van der Waals surface area contributed by atoms with E-state index in [1.807, 2.05) is 36.7 Å². The van der Waals surface area contributed by atoms with Crippen molar-refractivity contribution in [2.24, 2.45) is 0 Å². The predicted molar refractivity (Wildman–Crippen MR) is 59.8 cm³/mol. The van der Waals surface area contributed by atoms with Crippen molar-refractivity contribution in [3.05, 3.63) is 36.7 Å². The number of aromatic amines is 1. The Hall–Kier alpha value is -1.77. The molecule has 0 radical (unpaired) electrons. The summed E-state index contributed by atoms with van der Waals surface area (Å²) in [5, 5.41) is 6.71. The second-order valence-corrected chi connectivity index (χ2v) is 3.36. The molecule has 0 aliphatic heterocycles. The highest BCUT2D eigenvalue weighted by Crippen LogP contribution is 2.21. The third-order valence-corrected chi connectivity index (χ3v) is 2.16. The van der Waals surface area contributed by atoms with E-state index >= 15 is 0 Å². The minimum atomic E-state index is 0.769. The highest BCUT2D eigenvalue weighted by Gasteiger charge is 1.98. The number of ether oxygens (including phenoxy) is 1. The number of hydrogen-bond acceptors (Lipinski definition) is 2. The maximum atomic E-state index is 5.50. The Kier molecular flexibility index (Phi) is 3.02. The van der Waals surface area contributed by atoms with E-state index in [9.17, 15) is 0 Å². The lowest BCUT2D eigenvalue weighted by atomic mass is 10.1. The minimum Gasteiger partial charge on any atom is -0.494 e. The summed E-state index contributed by atoms with van der Waals surface area (Å²) >= 11 is 0. The van der Waals surface area contributed by atoms with Gasteiger partial charge in [0.05, 0.1) is 12.8 Å². The maximum Gasteiger partial charge on any atom is 0.119 e. The molecule has 0 unspecified atom stereocenters. The number of H-pyrrole nitrogens is 1. The molecule has 0 saturated heterocycles. The normalized spacial score (nSPS) is 10.2. The fourth-order valence-electron chi connectivity index (χ4n) is 1.37. The second-order valence-electron chi connectivity index (χ2n) is 3.36. The molecule has 2 rings (SSSR count). The van der Waals surface area contributed by atoms with E-state index in [-0.39, 0.29) is 0 Å². The van der Waals surface area contributed by atoms with Gasteiger partial charge in [0.25, 0.3) is 0 Å². The number of rotatable bonds is 4. The SMILES string of the molecule is CCCOc1ccc(-c2cn[nH]c2)cc1. The van der Waals surface area contributed by atoms with E-state index in [2.05, 4.69) is 17.1 Å². The monoisotopic (exact) mass is 202 g/mol. The van der Waals surface area contributed by atoms with Gasteiger partial charge in [0, 0.05) is 11.8 Å². The van der Waals surface area contributed by atoms with Gasteiger partial charge in [0.2, 0.25) is 0 Å². The average Bonchev–Trinajstić information content (AvgIpc) is 2.80. The molecule has 0 spiro atoms. The Labute approximate surface area is 89.1 Å². The van der Waals surface area contributed by atoms with Gasteiger partial charge >= 0.3 is 0 Å². The first-order valence-electron chi connectivity index (χ1n) is 5.12. The zero-order valence-corrected chi connectivity index (χ0v) is 8.73. The van der Waals surface area contributed by atoms with E-state index < -0.39 is 0 Å². The molecule has 0 aliphatic rings. The van der Waals surface area contributed by atoms with E-state index in [1.54, 1.807) is 0 Å². The summed E-state index contributed by atoms with van der Waals surface area (Å²) in [4.78, 5) is 0. The van der Waals surface area contributed by atoms with E-state index in [0.29, 0.717) is 0 Å². The van der Waals surface area contributed by atoms with E-state index in [0.717, 1.165) is 29.9 Å². The second kappa shape index (κ2) is 4.64. The molecule has 1 N–H and O–H groups in total. The van der Waals surface area contributed by atoms with Crippen LogP contribution in [0.2, 0.25) is 0 Å². The molecule has 0 atom stereocenters. The maximum absolute atomic E-state index is 5.50. The van der Waals surface area contributed by atoms with E-state index in [1.165, 1.54) is 0 Å². The lowest BCUT2D eigenvalue weighted by molar-refractivity contribution is 0.317. The zero-order chi connectivity index (χ0) is 10.5. The van der Waals surface area contributed by atoms with Crippen molar-refractivity contribution in [1.29, 1.82) is 0 Å². The highest BCUT2D eigenvalue weighted by molar-refractivity contribution is 5.62. The quantitative estimate of drug-likeness (QED) is 0.827. The fourth-order valence-corrected chi connectivity index (χ4v) is 1.37. The molecule has 3 heteroatoms. The first-order chi connectivity index (χ1) is 7.40. The van der Waals surface area contributed by atoms with Crippen molar-refractivity contribution >= 4 is 0 Å². The van der Waals surface area contributed by atoms with Crippen LogP contribution in [0.4, 0.5) is 0 Å². The van der Waals surface area contributed by atoms with Gasteiger partial charge in [-0.15, -0.1) is 0 Å². The number of nitrogens with zero attached hydrogens (tertiary/aromatic N) is 1. The van der Waals surface area contributed by atoms with Crippen molar-refractivity contribution in [3.63, 3.8) is 0 Å². The molecule has 0 bridgehead atoms. The third-order valence-electron chi connectivity index (χ3n) is 2.16. The van der Waals surface area contributed by atoms with Crippen LogP contribution in [0.3, 0.4) is 0 Å². The van der Waals surface area contributed by atoms with Crippen LogP contribution < -0.4 is 4.74 Å². The summed E-state index contributed by atoms with van der Waals surface area (Å²) in [5.74, 6) is 0.920. The first kappa shape index (κ1) is 9.77. The van der Waals surface area contributed by atoms with Crippen LogP contribution in [0.25, 0.3) is 11.1 Å². The van der Waals surface area contributed by atoms with E-state index in [4.69, 9.17) is 4.74 Å². The molecule has 0 saturated carbocycles. The molecular formula is C12H14N2O. The highest BCUT2D eigenvalue weighted by atomic mass is 16.5. The summed E-state index contributed by atoms with van der Waals surface area (Å²) in [5.41, 5.74) is 2.24. The summed E-state index contributed by atoms with van der Waals surface area (Å²) in [7, 11) is 0. The number of hydrogen-bond donors (Lipinski definition) is 1. The molecule has 1 aromatic heterocycles. The first-order valence-corrected chi connectivity index (χ1v) is 5.12. The molecule has 3 nitrogen and oxygen atoms in total. The van der Waals surface area contributed by atoms with Gasteiger partial charge < -0.3 is 4.74 Å². The number of aromatic nitrogens is 2. The molecule has 0 amide bonds. The summed E-state index contributed by atoms with van der Waals surface area (Å²) < 4.78 is 5.50. The van der Waals surface area contributed by atoms with Crippen LogP contribution in [-0.4, -0.2) is 16.8 Å². The molecule has 1 aromatic carbocycles. The third kappa shape index (κ3) is 2.37. The van der Waals surface area contributed by atoms with Gasteiger partial charge in [-0.1, -0.05) is 19.1 Å². The van der Waals surface area contributed by atoms with Crippen molar-refractivity contribution in [1.82, 2.24) is 10.2 Å². The summed E-state index contributed by atoms with van der Waals surface area (Å²) in [6, 6.07) is 8.04. The average molecular weight is 202 g/mol. The van der Waals surface area contributed by atoms with Gasteiger partial charge in [-0.05, 0) is 24.1 Å². The smallest absolute Gasteiger partial charge is 0.119 e. The Morgan fingerprint density at radius 2 is 2.00 bits per heavy atom. The minimum absolute atomic E-state index is 0.769. The molecular weight excluding hydrogens is 188 g/mol. The fraction of sp³-hybridized carbons (Fsp3) is 0.250. The van der Waals surface area contributed by atoms with Gasteiger partial charge in [0.1, 0.15) is 5.75 Å². The molecule has 1 heterocycles. The summed E-state index contributed by atoms with van der Waals surface area (Å²) in [6.07, 6.45) is 4.72. The van der Waals surface area contributed by atoms with Gasteiger partial charge in [-0.2, -0.15) is 5.10 Å². The topological polar surface area (TPSA) is 37.9 Å². The van der Waals surface area contributed by atoms with Crippen molar-refractivity contribution in [2.45, 2.75) is 13.3 Å².